The maximum atomic E-state index is 12.4. The van der Waals surface area contributed by atoms with Crippen LogP contribution in [0.2, 0.25) is 0 Å². The largest absolute Gasteiger partial charge is 0.424 e. The third-order valence-corrected chi connectivity index (χ3v) is 4.29. The molecule has 0 atom stereocenters. The van der Waals surface area contributed by atoms with Gasteiger partial charge in [-0.05, 0) is 48.9 Å². The number of hydrogen-bond acceptors (Lipinski definition) is 5. The Bertz CT molecular complexity index is 1180. The average Bonchev–Trinajstić information content (AvgIpc) is 2.75. The number of amides is 1. The molecule has 0 unspecified atom stereocenters. The van der Waals surface area contributed by atoms with Gasteiger partial charge in [-0.1, -0.05) is 24.3 Å². The Morgan fingerprint density at radius 1 is 0.966 bits per heavy atom. The van der Waals surface area contributed by atoms with Crippen molar-refractivity contribution < 1.29 is 9.53 Å². The third kappa shape index (κ3) is 4.44. The molecule has 0 saturated carbocycles. The molecule has 2 aromatic carbocycles. The molecule has 0 radical (unpaired) electrons. The fraction of sp³-hybridized carbons (Fsp3) is 0.0435. The van der Waals surface area contributed by atoms with Crippen LogP contribution in [0.15, 0.2) is 79.3 Å². The van der Waals surface area contributed by atoms with Gasteiger partial charge >= 0.3 is 6.01 Å². The maximum Gasteiger partial charge on any atom is 0.321 e. The van der Waals surface area contributed by atoms with E-state index in [2.05, 4.69) is 20.3 Å². The van der Waals surface area contributed by atoms with E-state index in [0.29, 0.717) is 11.4 Å². The van der Waals surface area contributed by atoms with Crippen molar-refractivity contribution in [3.8, 4) is 11.8 Å². The van der Waals surface area contributed by atoms with E-state index in [1.165, 1.54) is 6.08 Å². The predicted octanol–water partition coefficient (Wildman–Crippen LogP) is 4.78. The topological polar surface area (TPSA) is 77.0 Å². The summed E-state index contributed by atoms with van der Waals surface area (Å²) in [5.41, 5.74) is 3.32. The van der Waals surface area contributed by atoms with Gasteiger partial charge in [-0.25, -0.2) is 9.97 Å². The number of rotatable bonds is 5. The molecule has 1 N–H and O–H groups in total. The number of carbonyl (C=O) groups excluding carboxylic acids is 1. The molecule has 2 aromatic heterocycles. The summed E-state index contributed by atoms with van der Waals surface area (Å²) >= 11 is 0. The fourth-order valence-electron chi connectivity index (χ4n) is 2.89. The molecule has 0 aliphatic rings. The van der Waals surface area contributed by atoms with Crippen molar-refractivity contribution in [1.82, 2.24) is 15.0 Å². The van der Waals surface area contributed by atoms with Crippen molar-refractivity contribution in [2.24, 2.45) is 0 Å². The second-order valence-corrected chi connectivity index (χ2v) is 6.36. The number of benzene rings is 2. The summed E-state index contributed by atoms with van der Waals surface area (Å²) in [5.74, 6) is 0.380. The Hall–Kier alpha value is -4.06. The highest BCUT2D eigenvalue weighted by atomic mass is 16.5. The zero-order valence-electron chi connectivity index (χ0n) is 15.7. The van der Waals surface area contributed by atoms with E-state index >= 15 is 0 Å². The Balaban J connectivity index is 1.46. The molecule has 0 aliphatic heterocycles. The van der Waals surface area contributed by atoms with Gasteiger partial charge in [0.15, 0.2) is 0 Å². The highest BCUT2D eigenvalue weighted by Gasteiger charge is 2.06. The number of nitrogens with one attached hydrogen (secondary N) is 1. The number of carbonyl (C=O) groups is 1. The summed E-state index contributed by atoms with van der Waals surface area (Å²) in [4.78, 5) is 24.8. The van der Waals surface area contributed by atoms with Gasteiger partial charge in [0, 0.05) is 41.3 Å². The summed E-state index contributed by atoms with van der Waals surface area (Å²) in [7, 11) is 0. The second-order valence-electron chi connectivity index (χ2n) is 6.36. The van der Waals surface area contributed by atoms with E-state index in [9.17, 15) is 4.79 Å². The number of anilines is 1. The van der Waals surface area contributed by atoms with Gasteiger partial charge < -0.3 is 10.1 Å². The normalized spacial score (nSPS) is 10.9. The van der Waals surface area contributed by atoms with Crippen LogP contribution in [0.3, 0.4) is 0 Å². The van der Waals surface area contributed by atoms with Gasteiger partial charge in [-0.2, -0.15) is 0 Å². The lowest BCUT2D eigenvalue weighted by atomic mass is 10.1. The van der Waals surface area contributed by atoms with Crippen molar-refractivity contribution >= 4 is 28.6 Å². The molecule has 0 aliphatic carbocycles. The molecule has 4 rings (SSSR count). The zero-order chi connectivity index (χ0) is 20.1. The molecule has 0 bridgehead atoms. The number of fused-ring (bicyclic) bond motifs is 1. The lowest BCUT2D eigenvalue weighted by Gasteiger charge is -2.09. The molecular formula is C23H18N4O2. The minimum atomic E-state index is -0.221. The summed E-state index contributed by atoms with van der Waals surface area (Å²) in [6, 6.07) is 17.1. The molecule has 0 fully saturated rings. The zero-order valence-corrected chi connectivity index (χ0v) is 15.7. The molecule has 0 saturated heterocycles. The van der Waals surface area contributed by atoms with Gasteiger partial charge in [0.1, 0.15) is 5.75 Å². The Kier molecular flexibility index (Phi) is 5.25. The number of para-hydroxylation sites is 1. The van der Waals surface area contributed by atoms with Gasteiger partial charge in [0.05, 0.1) is 5.52 Å². The highest BCUT2D eigenvalue weighted by Crippen LogP contribution is 2.24. The molecular weight excluding hydrogens is 364 g/mol. The number of hydrogen-bond donors (Lipinski definition) is 1. The van der Waals surface area contributed by atoms with Gasteiger partial charge in [0.25, 0.3) is 0 Å². The van der Waals surface area contributed by atoms with E-state index in [0.717, 1.165) is 22.0 Å². The van der Waals surface area contributed by atoms with Crippen LogP contribution in [0, 0.1) is 6.92 Å². The van der Waals surface area contributed by atoms with E-state index in [1.807, 2.05) is 43.3 Å². The first-order valence-corrected chi connectivity index (χ1v) is 9.07. The number of ether oxygens (including phenoxy) is 1. The molecule has 0 spiro atoms. The quantitative estimate of drug-likeness (QED) is 0.503. The van der Waals surface area contributed by atoms with Crippen molar-refractivity contribution in [2.45, 2.75) is 6.92 Å². The van der Waals surface area contributed by atoms with Crippen molar-refractivity contribution in [3.05, 3.63) is 90.4 Å². The SMILES string of the molecule is Cc1cc(Oc2ncccn2)ccc1NC(=O)/C=C/c1cccc2cccnc12. The smallest absolute Gasteiger partial charge is 0.321 e. The summed E-state index contributed by atoms with van der Waals surface area (Å²) in [6.07, 6.45) is 8.24. The second kappa shape index (κ2) is 8.31. The molecule has 6 nitrogen and oxygen atoms in total. The summed E-state index contributed by atoms with van der Waals surface area (Å²) in [5, 5.41) is 3.92. The van der Waals surface area contributed by atoms with Gasteiger partial charge in [-0.3, -0.25) is 9.78 Å². The van der Waals surface area contributed by atoms with Crippen LogP contribution in [0.1, 0.15) is 11.1 Å². The van der Waals surface area contributed by atoms with Gasteiger partial charge in [0.2, 0.25) is 5.91 Å². The van der Waals surface area contributed by atoms with Crippen LogP contribution in [0.5, 0.6) is 11.8 Å². The number of aromatic nitrogens is 3. The van der Waals surface area contributed by atoms with E-state index < -0.39 is 0 Å². The minimum Gasteiger partial charge on any atom is -0.424 e. The number of pyridine rings is 1. The minimum absolute atomic E-state index is 0.221. The molecule has 1 amide bonds. The number of nitrogens with zero attached hydrogens (tertiary/aromatic N) is 3. The predicted molar refractivity (Wildman–Crippen MR) is 113 cm³/mol. The number of aryl methyl sites for hydroxylation is 1. The fourth-order valence-corrected chi connectivity index (χ4v) is 2.89. The standard InChI is InChI=1S/C23H18N4O2/c1-16-15-19(29-23-25-13-4-14-26-23)9-10-20(16)27-21(28)11-8-18-6-2-5-17-7-3-12-24-22(17)18/h2-15H,1H3,(H,27,28)/b11-8+. The van der Waals surface area contributed by atoms with Gasteiger partial charge in [-0.15, -0.1) is 0 Å². The molecule has 142 valence electrons. The van der Waals surface area contributed by atoms with Crippen LogP contribution in [-0.2, 0) is 4.79 Å². The first kappa shape index (κ1) is 18.3. The van der Waals surface area contributed by atoms with Crippen LogP contribution >= 0.6 is 0 Å². The van der Waals surface area contributed by atoms with Crippen LogP contribution in [0.25, 0.3) is 17.0 Å². The van der Waals surface area contributed by atoms with Crippen LogP contribution in [0.4, 0.5) is 5.69 Å². The van der Waals surface area contributed by atoms with Crippen molar-refractivity contribution in [3.63, 3.8) is 0 Å². The van der Waals surface area contributed by atoms with Crippen molar-refractivity contribution in [2.75, 3.05) is 5.32 Å². The Labute approximate surface area is 167 Å². The first-order valence-electron chi connectivity index (χ1n) is 9.07. The van der Waals surface area contributed by atoms with Crippen molar-refractivity contribution in [1.29, 1.82) is 0 Å². The van der Waals surface area contributed by atoms with Crippen LogP contribution < -0.4 is 10.1 Å². The Morgan fingerprint density at radius 3 is 2.59 bits per heavy atom. The molecule has 6 heteroatoms. The maximum absolute atomic E-state index is 12.4. The lowest BCUT2D eigenvalue weighted by molar-refractivity contribution is -0.111. The third-order valence-electron chi connectivity index (χ3n) is 4.29. The Morgan fingerprint density at radius 2 is 1.76 bits per heavy atom. The summed E-state index contributed by atoms with van der Waals surface area (Å²) < 4.78 is 5.61. The molecule has 29 heavy (non-hydrogen) atoms. The van der Waals surface area contributed by atoms with E-state index in [-0.39, 0.29) is 11.9 Å². The summed E-state index contributed by atoms with van der Waals surface area (Å²) in [6.45, 7) is 1.90. The molecule has 4 aromatic rings. The highest BCUT2D eigenvalue weighted by molar-refractivity contribution is 6.03. The first-order chi connectivity index (χ1) is 14.2. The monoisotopic (exact) mass is 382 g/mol. The van der Waals surface area contributed by atoms with E-state index in [4.69, 9.17) is 4.74 Å². The van der Waals surface area contributed by atoms with Crippen LogP contribution in [-0.4, -0.2) is 20.9 Å². The average molecular weight is 382 g/mol. The van der Waals surface area contributed by atoms with E-state index in [1.54, 1.807) is 42.9 Å². The lowest BCUT2D eigenvalue weighted by Crippen LogP contribution is -2.09. The molecule has 2 heterocycles.